The highest BCUT2D eigenvalue weighted by Gasteiger charge is 2.24. The van der Waals surface area contributed by atoms with Gasteiger partial charge in [0.05, 0.1) is 5.56 Å². The molecule has 6 heteroatoms. The number of aromatic hydroxyl groups is 1. The second kappa shape index (κ2) is 3.93. The van der Waals surface area contributed by atoms with Crippen LogP contribution in [0.3, 0.4) is 0 Å². The summed E-state index contributed by atoms with van der Waals surface area (Å²) in [6, 6.07) is 2.16. The van der Waals surface area contributed by atoms with Crippen molar-refractivity contribution in [2.45, 2.75) is 6.10 Å². The second-order valence-electron chi connectivity index (χ2n) is 2.53. The summed E-state index contributed by atoms with van der Waals surface area (Å²) in [6.07, 6.45) is -1.96. The largest absolute Gasteiger partial charge is 0.505 e. The van der Waals surface area contributed by atoms with Gasteiger partial charge in [0.25, 0.3) is 0 Å². The molecule has 3 N–H and O–H groups in total. The van der Waals surface area contributed by atoms with Crippen molar-refractivity contribution in [2.24, 2.45) is 0 Å². The number of hydrogen-bond acceptors (Lipinski definition) is 3. The molecule has 0 spiro atoms. The van der Waals surface area contributed by atoms with Gasteiger partial charge >= 0.3 is 5.97 Å². The van der Waals surface area contributed by atoms with Crippen LogP contribution in [-0.4, -0.2) is 21.3 Å². The number of aliphatic hydroxyl groups is 1. The Bertz CT molecular complexity index is 380. The molecule has 0 aliphatic rings. The van der Waals surface area contributed by atoms with Gasteiger partial charge in [-0.3, -0.25) is 0 Å². The molecular formula is C8H6BrFO4. The van der Waals surface area contributed by atoms with Gasteiger partial charge in [0.15, 0.2) is 17.7 Å². The maximum Gasteiger partial charge on any atom is 0.337 e. The molecule has 0 heterocycles. The third-order valence-corrected chi connectivity index (χ3v) is 2.31. The lowest BCUT2D eigenvalue weighted by Crippen LogP contribution is -2.11. The first-order valence-electron chi connectivity index (χ1n) is 3.53. The van der Waals surface area contributed by atoms with Crippen molar-refractivity contribution in [3.05, 3.63) is 28.0 Å². The topological polar surface area (TPSA) is 77.8 Å². The van der Waals surface area contributed by atoms with Gasteiger partial charge in [-0.2, -0.15) is 0 Å². The van der Waals surface area contributed by atoms with E-state index in [-0.39, 0.29) is 4.47 Å². The number of carboxylic acid groups (broad SMARTS) is 1. The molecule has 1 aromatic carbocycles. The zero-order valence-electron chi connectivity index (χ0n) is 6.74. The highest BCUT2D eigenvalue weighted by molar-refractivity contribution is 9.10. The molecule has 0 aliphatic heterocycles. The van der Waals surface area contributed by atoms with Crippen molar-refractivity contribution in [1.29, 1.82) is 0 Å². The summed E-state index contributed by atoms with van der Waals surface area (Å²) >= 11 is 2.90. The number of phenolic OH excluding ortho intramolecular Hbond substituents is 1. The zero-order chi connectivity index (χ0) is 10.9. The van der Waals surface area contributed by atoms with Gasteiger partial charge in [0, 0.05) is 4.47 Å². The highest BCUT2D eigenvalue weighted by Crippen LogP contribution is 2.33. The monoisotopic (exact) mass is 264 g/mol. The van der Waals surface area contributed by atoms with E-state index in [0.29, 0.717) is 0 Å². The summed E-state index contributed by atoms with van der Waals surface area (Å²) in [6.45, 7) is 0. The minimum atomic E-state index is -1.96. The van der Waals surface area contributed by atoms with Crippen LogP contribution in [0.5, 0.6) is 5.75 Å². The van der Waals surface area contributed by atoms with E-state index in [1.807, 2.05) is 0 Å². The molecule has 0 bridgehead atoms. The average Bonchev–Trinajstić information content (AvgIpc) is 2.12. The molecule has 0 aromatic heterocycles. The fourth-order valence-corrected chi connectivity index (χ4v) is 1.48. The minimum Gasteiger partial charge on any atom is -0.505 e. The maximum atomic E-state index is 12.8. The van der Waals surface area contributed by atoms with Gasteiger partial charge in [-0.05, 0) is 12.1 Å². The Kier molecular flexibility index (Phi) is 3.07. The van der Waals surface area contributed by atoms with E-state index in [4.69, 9.17) is 15.3 Å². The molecule has 1 aromatic rings. The van der Waals surface area contributed by atoms with Crippen LogP contribution in [-0.2, 0) is 4.79 Å². The van der Waals surface area contributed by atoms with E-state index in [0.717, 1.165) is 6.07 Å². The number of hydrogen-bond donors (Lipinski definition) is 3. The molecule has 4 nitrogen and oxygen atoms in total. The molecule has 0 amide bonds. The van der Waals surface area contributed by atoms with E-state index < -0.39 is 29.2 Å². The first-order chi connectivity index (χ1) is 6.45. The first-order valence-corrected chi connectivity index (χ1v) is 4.32. The molecule has 1 atom stereocenters. The van der Waals surface area contributed by atoms with Gasteiger partial charge in [-0.25, -0.2) is 9.18 Å². The molecule has 76 valence electrons. The SMILES string of the molecule is O=C(O)C(O)c1c(Br)ccc(F)c1O. The van der Waals surface area contributed by atoms with E-state index in [1.54, 1.807) is 0 Å². The normalized spacial score (nSPS) is 12.5. The fourth-order valence-electron chi connectivity index (χ4n) is 0.940. The second-order valence-corrected chi connectivity index (χ2v) is 3.39. The van der Waals surface area contributed by atoms with Crippen LogP contribution < -0.4 is 0 Å². The number of carbonyl (C=O) groups is 1. The molecule has 0 fully saturated rings. The van der Waals surface area contributed by atoms with Crippen LogP contribution in [0.1, 0.15) is 11.7 Å². The molecule has 0 saturated heterocycles. The van der Waals surface area contributed by atoms with E-state index in [9.17, 15) is 9.18 Å². The average molecular weight is 265 g/mol. The molecular weight excluding hydrogens is 259 g/mol. The standard InChI is InChI=1S/C8H6BrFO4/c9-3-1-2-4(10)6(11)5(3)7(12)8(13)14/h1-2,7,11-12H,(H,13,14). The Hall–Kier alpha value is -1.14. The van der Waals surface area contributed by atoms with Crippen LogP contribution >= 0.6 is 15.9 Å². The van der Waals surface area contributed by atoms with Gasteiger partial charge < -0.3 is 15.3 Å². The predicted molar refractivity (Wildman–Crippen MR) is 48.4 cm³/mol. The third-order valence-electron chi connectivity index (χ3n) is 1.62. The third kappa shape index (κ3) is 1.85. The van der Waals surface area contributed by atoms with E-state index >= 15 is 0 Å². The lowest BCUT2D eigenvalue weighted by Gasteiger charge is -2.10. The van der Waals surface area contributed by atoms with Crippen LogP contribution in [0.2, 0.25) is 0 Å². The quantitative estimate of drug-likeness (QED) is 0.755. The molecule has 0 aliphatic carbocycles. The Labute approximate surface area is 86.7 Å². The molecule has 14 heavy (non-hydrogen) atoms. The Morgan fingerprint density at radius 2 is 2.07 bits per heavy atom. The van der Waals surface area contributed by atoms with Crippen molar-refractivity contribution in [3.8, 4) is 5.75 Å². The molecule has 0 saturated carbocycles. The summed E-state index contributed by atoms with van der Waals surface area (Å²) in [5, 5.41) is 26.8. The summed E-state index contributed by atoms with van der Waals surface area (Å²) in [5.41, 5.74) is -0.391. The minimum absolute atomic E-state index is 0.131. The molecule has 0 radical (unpaired) electrons. The van der Waals surface area contributed by atoms with Crippen molar-refractivity contribution >= 4 is 21.9 Å². The number of carboxylic acids is 1. The van der Waals surface area contributed by atoms with Gasteiger partial charge in [-0.15, -0.1) is 0 Å². The van der Waals surface area contributed by atoms with Crippen LogP contribution in [0.4, 0.5) is 4.39 Å². The predicted octanol–water partition coefficient (Wildman–Crippen LogP) is 1.41. The Balaban J connectivity index is 3.32. The van der Waals surface area contributed by atoms with E-state index in [1.165, 1.54) is 6.07 Å². The van der Waals surface area contributed by atoms with E-state index in [2.05, 4.69) is 15.9 Å². The lowest BCUT2D eigenvalue weighted by molar-refractivity contribution is -0.147. The smallest absolute Gasteiger partial charge is 0.337 e. The fraction of sp³-hybridized carbons (Fsp3) is 0.125. The number of phenols is 1. The van der Waals surface area contributed by atoms with Crippen molar-refractivity contribution in [1.82, 2.24) is 0 Å². The number of rotatable bonds is 2. The van der Waals surface area contributed by atoms with Crippen molar-refractivity contribution in [3.63, 3.8) is 0 Å². The number of halogens is 2. The number of aliphatic hydroxyl groups excluding tert-OH is 1. The van der Waals surface area contributed by atoms with Gasteiger partial charge in [-0.1, -0.05) is 15.9 Å². The van der Waals surface area contributed by atoms with Gasteiger partial charge in [0.1, 0.15) is 0 Å². The highest BCUT2D eigenvalue weighted by atomic mass is 79.9. The lowest BCUT2D eigenvalue weighted by atomic mass is 10.1. The number of aliphatic carboxylic acids is 1. The first kappa shape index (κ1) is 10.9. The maximum absolute atomic E-state index is 12.8. The molecule has 1 rings (SSSR count). The zero-order valence-corrected chi connectivity index (χ0v) is 8.32. The Morgan fingerprint density at radius 3 is 2.57 bits per heavy atom. The van der Waals surface area contributed by atoms with Gasteiger partial charge in [0.2, 0.25) is 0 Å². The van der Waals surface area contributed by atoms with Crippen molar-refractivity contribution in [2.75, 3.05) is 0 Å². The van der Waals surface area contributed by atoms with Crippen LogP contribution in [0, 0.1) is 5.82 Å². The number of benzene rings is 1. The van der Waals surface area contributed by atoms with Crippen molar-refractivity contribution < 1.29 is 24.5 Å². The summed E-state index contributed by atoms with van der Waals surface area (Å²) in [4.78, 5) is 10.4. The summed E-state index contributed by atoms with van der Waals surface area (Å²) in [7, 11) is 0. The molecule has 1 unspecified atom stereocenters. The summed E-state index contributed by atoms with van der Waals surface area (Å²) in [5.74, 6) is -3.41. The van der Waals surface area contributed by atoms with Crippen LogP contribution in [0.25, 0.3) is 0 Å². The van der Waals surface area contributed by atoms with Crippen LogP contribution in [0.15, 0.2) is 16.6 Å². The Morgan fingerprint density at radius 1 is 1.50 bits per heavy atom. The summed E-state index contributed by atoms with van der Waals surface area (Å²) < 4.78 is 12.9.